The van der Waals surface area contributed by atoms with E-state index in [4.69, 9.17) is 0 Å². The Morgan fingerprint density at radius 1 is 1.50 bits per heavy atom. The predicted molar refractivity (Wildman–Crippen MR) is 79.7 cm³/mol. The second-order valence-corrected chi connectivity index (χ2v) is 5.86. The average Bonchev–Trinajstić information content (AvgIpc) is 3.14. The maximum atomic E-state index is 9.32. The number of nitriles is 1. The molecule has 2 heterocycles. The first-order valence-electron chi connectivity index (χ1n) is 6.90. The summed E-state index contributed by atoms with van der Waals surface area (Å²) in [5.41, 5.74) is 3.01. The minimum absolute atomic E-state index is 0.119. The molecule has 2 aromatic rings. The van der Waals surface area contributed by atoms with Crippen molar-refractivity contribution in [1.82, 2.24) is 9.97 Å². The monoisotopic (exact) mass is 284 g/mol. The largest absolute Gasteiger partial charge is 0.360 e. The third kappa shape index (κ3) is 2.39. The number of fused-ring (bicyclic) bond motifs is 1. The lowest BCUT2D eigenvalue weighted by atomic mass is 10.1. The topological polar surface area (TPSA) is 61.6 Å². The Labute approximate surface area is 122 Å². The Balaban J connectivity index is 1.92. The predicted octanol–water partition coefficient (Wildman–Crippen LogP) is 3.46. The van der Waals surface area contributed by atoms with E-state index in [-0.39, 0.29) is 6.04 Å². The fourth-order valence-corrected chi connectivity index (χ4v) is 3.35. The molecule has 0 saturated carbocycles. The smallest absolute Gasteiger partial charge is 0.144 e. The summed E-state index contributed by atoms with van der Waals surface area (Å²) in [6, 6.07) is 4.37. The lowest BCUT2D eigenvalue weighted by molar-refractivity contribution is 0.736. The van der Waals surface area contributed by atoms with Crippen LogP contribution in [-0.4, -0.2) is 9.97 Å². The molecule has 0 spiro atoms. The zero-order valence-electron chi connectivity index (χ0n) is 11.4. The van der Waals surface area contributed by atoms with Crippen molar-refractivity contribution >= 4 is 17.2 Å². The fraction of sp³-hybridized carbons (Fsp3) is 0.400. The second kappa shape index (κ2) is 5.59. The summed E-state index contributed by atoms with van der Waals surface area (Å²) < 4.78 is 0. The first-order chi connectivity index (χ1) is 9.81. The second-order valence-electron chi connectivity index (χ2n) is 4.93. The van der Waals surface area contributed by atoms with Gasteiger partial charge < -0.3 is 5.32 Å². The van der Waals surface area contributed by atoms with Gasteiger partial charge in [0.1, 0.15) is 16.9 Å². The molecule has 0 aromatic carbocycles. The van der Waals surface area contributed by atoms with Crippen molar-refractivity contribution in [2.45, 2.75) is 38.6 Å². The first-order valence-corrected chi connectivity index (χ1v) is 7.78. The zero-order chi connectivity index (χ0) is 13.9. The molecule has 1 aliphatic rings. The van der Waals surface area contributed by atoms with Crippen LogP contribution >= 0.6 is 11.3 Å². The molecule has 0 fully saturated rings. The molecular formula is C15H16N4S. The number of nitrogens with one attached hydrogen (secondary N) is 1. The van der Waals surface area contributed by atoms with Gasteiger partial charge in [-0.1, -0.05) is 6.92 Å². The first kappa shape index (κ1) is 13.1. The molecule has 1 aliphatic carbocycles. The molecule has 1 N–H and O–H groups in total. The third-order valence-corrected chi connectivity index (χ3v) is 4.53. The highest BCUT2D eigenvalue weighted by atomic mass is 32.1. The van der Waals surface area contributed by atoms with Crippen LogP contribution in [-0.2, 0) is 12.8 Å². The number of anilines is 1. The highest BCUT2D eigenvalue weighted by molar-refractivity contribution is 7.09. The summed E-state index contributed by atoms with van der Waals surface area (Å²) in [5.74, 6) is 0.704. The summed E-state index contributed by atoms with van der Waals surface area (Å²) in [6.07, 6.45) is 5.92. The molecule has 102 valence electrons. The van der Waals surface area contributed by atoms with Crippen molar-refractivity contribution in [2.24, 2.45) is 0 Å². The summed E-state index contributed by atoms with van der Waals surface area (Å²) in [7, 11) is 0. The number of nitrogens with zero attached hydrogens (tertiary/aromatic N) is 3. The van der Waals surface area contributed by atoms with Gasteiger partial charge in [0.15, 0.2) is 0 Å². The Morgan fingerprint density at radius 2 is 2.40 bits per heavy atom. The van der Waals surface area contributed by atoms with Crippen molar-refractivity contribution in [1.29, 1.82) is 5.26 Å². The van der Waals surface area contributed by atoms with Gasteiger partial charge in [0.05, 0.1) is 11.6 Å². The minimum atomic E-state index is 0.119. The van der Waals surface area contributed by atoms with Crippen LogP contribution in [0.2, 0.25) is 0 Å². The Morgan fingerprint density at radius 3 is 3.10 bits per heavy atom. The highest BCUT2D eigenvalue weighted by Crippen LogP contribution is 2.29. The van der Waals surface area contributed by atoms with Crippen molar-refractivity contribution in [3.05, 3.63) is 39.5 Å². The lowest BCUT2D eigenvalue weighted by Gasteiger charge is -2.17. The number of thiazole rings is 1. The summed E-state index contributed by atoms with van der Waals surface area (Å²) in [5, 5.41) is 15.7. The number of aryl methyl sites for hydroxylation is 2. The Kier molecular flexibility index (Phi) is 3.66. The van der Waals surface area contributed by atoms with E-state index in [1.165, 1.54) is 5.56 Å². The van der Waals surface area contributed by atoms with Gasteiger partial charge in [0.2, 0.25) is 0 Å². The van der Waals surface area contributed by atoms with E-state index in [0.29, 0.717) is 11.4 Å². The van der Waals surface area contributed by atoms with Crippen LogP contribution in [0.4, 0.5) is 5.82 Å². The summed E-state index contributed by atoms with van der Waals surface area (Å²) in [4.78, 5) is 9.02. The molecule has 0 amide bonds. The molecule has 1 unspecified atom stereocenters. The van der Waals surface area contributed by atoms with Crippen LogP contribution < -0.4 is 5.32 Å². The van der Waals surface area contributed by atoms with Crippen LogP contribution in [0.25, 0.3) is 0 Å². The number of pyridine rings is 1. The molecular weight excluding hydrogens is 268 g/mol. The molecule has 0 bridgehead atoms. The van der Waals surface area contributed by atoms with Crippen LogP contribution in [0.1, 0.15) is 47.6 Å². The van der Waals surface area contributed by atoms with E-state index in [1.807, 2.05) is 17.6 Å². The van der Waals surface area contributed by atoms with E-state index in [1.54, 1.807) is 11.3 Å². The quantitative estimate of drug-likeness (QED) is 0.934. The van der Waals surface area contributed by atoms with Gasteiger partial charge in [-0.25, -0.2) is 9.97 Å². The molecule has 0 aliphatic heterocycles. The van der Waals surface area contributed by atoms with Gasteiger partial charge in [-0.15, -0.1) is 11.3 Å². The van der Waals surface area contributed by atoms with E-state index in [2.05, 4.69) is 28.3 Å². The van der Waals surface area contributed by atoms with Gasteiger partial charge in [0.25, 0.3) is 0 Å². The number of aromatic nitrogens is 2. The Bertz CT molecular complexity index is 643. The molecule has 0 saturated heterocycles. The minimum Gasteiger partial charge on any atom is -0.360 e. The van der Waals surface area contributed by atoms with Crippen LogP contribution in [0, 0.1) is 11.3 Å². The molecule has 5 heteroatoms. The molecule has 1 atom stereocenters. The summed E-state index contributed by atoms with van der Waals surface area (Å²) >= 11 is 1.63. The van der Waals surface area contributed by atoms with Crippen LogP contribution in [0.5, 0.6) is 0 Å². The van der Waals surface area contributed by atoms with Gasteiger partial charge in [-0.05, 0) is 37.3 Å². The number of hydrogen-bond acceptors (Lipinski definition) is 5. The van der Waals surface area contributed by atoms with Gasteiger partial charge >= 0.3 is 0 Å². The van der Waals surface area contributed by atoms with E-state index in [9.17, 15) is 5.26 Å². The Hall–Kier alpha value is -1.93. The van der Waals surface area contributed by atoms with Gasteiger partial charge in [-0.2, -0.15) is 5.26 Å². The molecule has 2 aromatic heterocycles. The van der Waals surface area contributed by atoms with Crippen molar-refractivity contribution in [3.8, 4) is 6.07 Å². The maximum absolute atomic E-state index is 9.32. The normalized spacial score (nSPS) is 14.6. The molecule has 20 heavy (non-hydrogen) atoms. The van der Waals surface area contributed by atoms with E-state index in [0.717, 1.165) is 36.4 Å². The average molecular weight is 284 g/mol. The third-order valence-electron chi connectivity index (χ3n) is 3.64. The van der Waals surface area contributed by atoms with Crippen molar-refractivity contribution in [3.63, 3.8) is 0 Å². The van der Waals surface area contributed by atoms with Crippen LogP contribution in [0.15, 0.2) is 17.6 Å². The van der Waals surface area contributed by atoms with Crippen LogP contribution in [0.3, 0.4) is 0 Å². The van der Waals surface area contributed by atoms with E-state index < -0.39 is 0 Å². The maximum Gasteiger partial charge on any atom is 0.144 e. The molecule has 3 rings (SSSR count). The van der Waals surface area contributed by atoms with Gasteiger partial charge in [0, 0.05) is 17.3 Å². The van der Waals surface area contributed by atoms with Crippen molar-refractivity contribution < 1.29 is 0 Å². The zero-order valence-corrected chi connectivity index (χ0v) is 12.2. The number of hydrogen-bond donors (Lipinski definition) is 1. The number of rotatable bonds is 4. The van der Waals surface area contributed by atoms with Crippen molar-refractivity contribution in [2.75, 3.05) is 5.32 Å². The molecule has 0 radical (unpaired) electrons. The van der Waals surface area contributed by atoms with E-state index >= 15 is 0 Å². The SMILES string of the molecule is CCC(Nc1nc2c(cc1C#N)CCC2)c1nccs1. The molecule has 4 nitrogen and oxygen atoms in total. The lowest BCUT2D eigenvalue weighted by Crippen LogP contribution is -2.12. The highest BCUT2D eigenvalue weighted by Gasteiger charge is 2.19. The summed E-state index contributed by atoms with van der Waals surface area (Å²) in [6.45, 7) is 2.11. The standard InChI is InChI=1S/C15H16N4S/c1-2-12(15-17-6-7-20-15)18-14-11(9-16)8-10-4-3-5-13(10)19-14/h6-8,12H,2-5H2,1H3,(H,18,19). The van der Waals surface area contributed by atoms with Gasteiger partial charge in [-0.3, -0.25) is 0 Å². The fourth-order valence-electron chi connectivity index (χ4n) is 2.58.